The number of alkyl halides is 2. The summed E-state index contributed by atoms with van der Waals surface area (Å²) < 4.78 is 32.8. The molecule has 0 aromatic carbocycles. The highest BCUT2D eigenvalue weighted by Crippen LogP contribution is 2.45. The number of oxazole rings is 1. The number of carbonyl (C=O) groups excluding carboxylic acids is 2. The van der Waals surface area contributed by atoms with Crippen molar-refractivity contribution in [2.24, 2.45) is 5.41 Å². The minimum absolute atomic E-state index is 0.00252. The first kappa shape index (κ1) is 14.0. The Balaban J connectivity index is 1.89. The van der Waals surface area contributed by atoms with Crippen LogP contribution in [0.15, 0.2) is 17.1 Å². The summed E-state index contributed by atoms with van der Waals surface area (Å²) in [7, 11) is 1.59. The average Bonchev–Trinajstić information content (AvgIpc) is 3.02. The lowest BCUT2D eigenvalue weighted by molar-refractivity contribution is -0.150. The van der Waals surface area contributed by atoms with E-state index in [4.69, 9.17) is 4.42 Å². The number of nitrogens with zero attached hydrogens (tertiary/aromatic N) is 3. The van der Waals surface area contributed by atoms with Crippen LogP contribution in [-0.2, 0) is 4.79 Å². The van der Waals surface area contributed by atoms with E-state index >= 15 is 0 Å². The molecule has 3 rings (SSSR count). The van der Waals surface area contributed by atoms with E-state index in [0.717, 1.165) is 17.6 Å². The van der Waals surface area contributed by atoms with Crippen molar-refractivity contribution >= 4 is 11.8 Å². The van der Waals surface area contributed by atoms with E-state index in [1.54, 1.807) is 7.05 Å². The van der Waals surface area contributed by atoms with Crippen molar-refractivity contribution in [3.63, 3.8) is 0 Å². The van der Waals surface area contributed by atoms with Crippen molar-refractivity contribution in [1.82, 2.24) is 14.8 Å². The molecule has 1 spiro atoms. The number of piperidine rings is 1. The molecule has 1 aromatic heterocycles. The van der Waals surface area contributed by atoms with Crippen LogP contribution in [0.1, 0.15) is 23.3 Å². The summed E-state index contributed by atoms with van der Waals surface area (Å²) in [5.74, 6) is -4.04. The Labute approximate surface area is 119 Å². The maximum absolute atomic E-state index is 14.0. The molecule has 2 saturated heterocycles. The number of rotatable bonds is 1. The van der Waals surface area contributed by atoms with E-state index in [-0.39, 0.29) is 18.1 Å². The van der Waals surface area contributed by atoms with Gasteiger partial charge in [-0.3, -0.25) is 9.59 Å². The van der Waals surface area contributed by atoms with Gasteiger partial charge in [0.25, 0.3) is 11.8 Å². The fourth-order valence-corrected chi connectivity index (χ4v) is 3.24. The summed E-state index contributed by atoms with van der Waals surface area (Å²) in [5, 5.41) is 0. The maximum Gasteiger partial charge on any atom is 0.276 e. The SMILES string of the molecule is CN1CC[C@@]2(CN(C(=O)c3cocn3)CC(F)(F)C2)C1=O. The number of hydrogen-bond acceptors (Lipinski definition) is 4. The van der Waals surface area contributed by atoms with Crippen LogP contribution in [0.3, 0.4) is 0 Å². The average molecular weight is 299 g/mol. The predicted octanol–water partition coefficient (Wildman–Crippen LogP) is 1.00. The Morgan fingerprint density at radius 2 is 2.19 bits per heavy atom. The lowest BCUT2D eigenvalue weighted by atomic mass is 9.77. The van der Waals surface area contributed by atoms with Crippen LogP contribution in [-0.4, -0.2) is 59.2 Å². The summed E-state index contributed by atoms with van der Waals surface area (Å²) in [5.41, 5.74) is -1.21. The van der Waals surface area contributed by atoms with Crippen LogP contribution in [0.2, 0.25) is 0 Å². The Morgan fingerprint density at radius 3 is 2.76 bits per heavy atom. The number of likely N-dealkylation sites (tertiary alicyclic amines) is 2. The zero-order valence-electron chi connectivity index (χ0n) is 11.5. The third kappa shape index (κ3) is 2.28. The van der Waals surface area contributed by atoms with Crippen LogP contribution < -0.4 is 0 Å². The molecule has 1 aromatic rings. The molecule has 21 heavy (non-hydrogen) atoms. The standard InChI is InChI=1S/C13H15F2N3O3/c1-17-3-2-12(11(17)20)5-13(14,15)7-18(6-12)10(19)9-4-21-8-16-9/h4,8H,2-3,5-7H2,1H3/t12-/m1/s1. The highest BCUT2D eigenvalue weighted by atomic mass is 19.3. The molecule has 2 amide bonds. The molecule has 2 fully saturated rings. The van der Waals surface area contributed by atoms with Gasteiger partial charge in [-0.15, -0.1) is 0 Å². The lowest BCUT2D eigenvalue weighted by Gasteiger charge is -2.42. The minimum Gasteiger partial charge on any atom is -0.451 e. The van der Waals surface area contributed by atoms with Crippen molar-refractivity contribution in [1.29, 1.82) is 0 Å². The van der Waals surface area contributed by atoms with Crippen molar-refractivity contribution in [2.75, 3.05) is 26.7 Å². The number of hydrogen-bond donors (Lipinski definition) is 0. The second-order valence-corrected chi connectivity index (χ2v) is 5.82. The number of halogens is 2. The first-order valence-electron chi connectivity index (χ1n) is 6.64. The van der Waals surface area contributed by atoms with Gasteiger partial charge in [0.05, 0.1) is 12.0 Å². The largest absolute Gasteiger partial charge is 0.451 e. The summed E-state index contributed by atoms with van der Waals surface area (Å²) in [4.78, 5) is 30.6. The van der Waals surface area contributed by atoms with E-state index in [1.165, 1.54) is 4.90 Å². The molecule has 0 bridgehead atoms. The van der Waals surface area contributed by atoms with Crippen molar-refractivity contribution in [3.05, 3.63) is 18.4 Å². The lowest BCUT2D eigenvalue weighted by Crippen LogP contribution is -2.57. The predicted molar refractivity (Wildman–Crippen MR) is 66.7 cm³/mol. The van der Waals surface area contributed by atoms with Gasteiger partial charge in [0, 0.05) is 26.6 Å². The fourth-order valence-electron chi connectivity index (χ4n) is 3.24. The van der Waals surface area contributed by atoms with E-state index in [9.17, 15) is 18.4 Å². The molecular formula is C13H15F2N3O3. The monoisotopic (exact) mass is 299 g/mol. The van der Waals surface area contributed by atoms with Gasteiger partial charge < -0.3 is 14.2 Å². The van der Waals surface area contributed by atoms with E-state index < -0.39 is 30.2 Å². The second kappa shape index (κ2) is 4.51. The molecule has 0 radical (unpaired) electrons. The van der Waals surface area contributed by atoms with Gasteiger partial charge in [-0.05, 0) is 6.42 Å². The fraction of sp³-hybridized carbons (Fsp3) is 0.615. The smallest absolute Gasteiger partial charge is 0.276 e. The normalized spacial score (nSPS) is 28.4. The molecular weight excluding hydrogens is 284 g/mol. The van der Waals surface area contributed by atoms with Crippen LogP contribution in [0.25, 0.3) is 0 Å². The quantitative estimate of drug-likeness (QED) is 0.776. The van der Waals surface area contributed by atoms with Crippen LogP contribution in [0.5, 0.6) is 0 Å². The van der Waals surface area contributed by atoms with Gasteiger partial charge in [0.15, 0.2) is 12.1 Å². The Kier molecular flexibility index (Phi) is 3.00. The zero-order chi connectivity index (χ0) is 15.3. The van der Waals surface area contributed by atoms with E-state index in [2.05, 4.69) is 4.98 Å². The van der Waals surface area contributed by atoms with Crippen LogP contribution >= 0.6 is 0 Å². The number of aromatic nitrogens is 1. The van der Waals surface area contributed by atoms with E-state index in [0.29, 0.717) is 13.0 Å². The van der Waals surface area contributed by atoms with E-state index in [1.807, 2.05) is 0 Å². The summed E-state index contributed by atoms with van der Waals surface area (Å²) in [6, 6.07) is 0. The third-order valence-corrected chi connectivity index (χ3v) is 4.18. The highest BCUT2D eigenvalue weighted by molar-refractivity contribution is 5.93. The van der Waals surface area contributed by atoms with Crippen LogP contribution in [0.4, 0.5) is 8.78 Å². The van der Waals surface area contributed by atoms with Gasteiger partial charge in [-0.2, -0.15) is 0 Å². The van der Waals surface area contributed by atoms with Gasteiger partial charge in [0.2, 0.25) is 5.91 Å². The Morgan fingerprint density at radius 1 is 1.43 bits per heavy atom. The van der Waals surface area contributed by atoms with Crippen molar-refractivity contribution in [3.8, 4) is 0 Å². The second-order valence-electron chi connectivity index (χ2n) is 5.82. The molecule has 0 aliphatic carbocycles. The molecule has 114 valence electrons. The highest BCUT2D eigenvalue weighted by Gasteiger charge is 2.57. The Hall–Kier alpha value is -1.99. The minimum atomic E-state index is -3.08. The molecule has 2 aliphatic rings. The molecule has 0 saturated carbocycles. The van der Waals surface area contributed by atoms with Crippen LogP contribution in [0, 0.1) is 5.41 Å². The maximum atomic E-state index is 14.0. The first-order valence-corrected chi connectivity index (χ1v) is 6.64. The first-order chi connectivity index (χ1) is 9.83. The summed E-state index contributed by atoms with van der Waals surface area (Å²) in [6.07, 6.45) is 2.01. The molecule has 2 aliphatic heterocycles. The van der Waals surface area contributed by atoms with Gasteiger partial charge in [-0.1, -0.05) is 0 Å². The summed E-state index contributed by atoms with van der Waals surface area (Å²) >= 11 is 0. The topological polar surface area (TPSA) is 66.7 Å². The van der Waals surface area contributed by atoms with Gasteiger partial charge in [-0.25, -0.2) is 13.8 Å². The zero-order valence-corrected chi connectivity index (χ0v) is 11.5. The third-order valence-electron chi connectivity index (χ3n) is 4.18. The molecule has 8 heteroatoms. The molecule has 0 unspecified atom stereocenters. The van der Waals surface area contributed by atoms with Gasteiger partial charge in [0.1, 0.15) is 6.26 Å². The summed E-state index contributed by atoms with van der Waals surface area (Å²) in [6.45, 7) is -0.268. The molecule has 3 heterocycles. The van der Waals surface area contributed by atoms with Crippen molar-refractivity contribution < 1.29 is 22.8 Å². The number of carbonyl (C=O) groups is 2. The Bertz CT molecular complexity index is 575. The van der Waals surface area contributed by atoms with Gasteiger partial charge >= 0.3 is 0 Å². The molecule has 1 atom stereocenters. The van der Waals surface area contributed by atoms with Crippen molar-refractivity contribution in [2.45, 2.75) is 18.8 Å². The molecule has 0 N–H and O–H groups in total. The number of amides is 2. The molecule has 6 nitrogen and oxygen atoms in total.